The zero-order valence-corrected chi connectivity index (χ0v) is 10.8. The van der Waals surface area contributed by atoms with E-state index >= 15 is 0 Å². The highest BCUT2D eigenvalue weighted by Gasteiger charge is 2.42. The Morgan fingerprint density at radius 2 is 1.78 bits per heavy atom. The third-order valence-electron chi connectivity index (χ3n) is 3.63. The van der Waals surface area contributed by atoms with Gasteiger partial charge in [0.1, 0.15) is 0 Å². The lowest BCUT2D eigenvalue weighted by Crippen LogP contribution is -2.48. The van der Waals surface area contributed by atoms with Crippen LogP contribution < -0.4 is 5.32 Å². The van der Waals surface area contributed by atoms with Gasteiger partial charge in [0.25, 0.3) is 0 Å². The lowest BCUT2D eigenvalue weighted by atomic mass is 9.96. The van der Waals surface area contributed by atoms with Crippen LogP contribution in [-0.2, 0) is 4.79 Å². The minimum Gasteiger partial charge on any atom is -0.341 e. The van der Waals surface area contributed by atoms with Crippen LogP contribution in [0.15, 0.2) is 0 Å². The molecule has 18 heavy (non-hydrogen) atoms. The van der Waals surface area contributed by atoms with E-state index in [0.29, 0.717) is 0 Å². The molecule has 2 rings (SSSR count). The van der Waals surface area contributed by atoms with Crippen LogP contribution in [0.3, 0.4) is 0 Å². The molecular formula is C11H18ClF3N2O. The molecule has 1 atom stereocenters. The number of piperidine rings is 1. The van der Waals surface area contributed by atoms with Gasteiger partial charge in [-0.1, -0.05) is 0 Å². The van der Waals surface area contributed by atoms with E-state index in [4.69, 9.17) is 0 Å². The van der Waals surface area contributed by atoms with Crippen LogP contribution in [0.4, 0.5) is 13.2 Å². The van der Waals surface area contributed by atoms with Gasteiger partial charge in [-0.2, -0.15) is 13.2 Å². The Kier molecular flexibility index (Phi) is 5.28. The van der Waals surface area contributed by atoms with Crippen LogP contribution in [0.5, 0.6) is 0 Å². The molecule has 1 N–H and O–H groups in total. The van der Waals surface area contributed by atoms with Crippen molar-refractivity contribution in [2.24, 2.45) is 5.92 Å². The molecule has 0 aromatic carbocycles. The fourth-order valence-corrected chi connectivity index (χ4v) is 2.54. The number of nitrogens with one attached hydrogen (secondary N) is 1. The number of halogens is 4. The summed E-state index contributed by atoms with van der Waals surface area (Å²) < 4.78 is 37.4. The molecule has 0 saturated carbocycles. The van der Waals surface area contributed by atoms with Gasteiger partial charge in [-0.3, -0.25) is 4.79 Å². The maximum atomic E-state index is 12.5. The zero-order chi connectivity index (χ0) is 12.5. The van der Waals surface area contributed by atoms with E-state index in [-0.39, 0.29) is 50.3 Å². The van der Waals surface area contributed by atoms with E-state index in [0.717, 1.165) is 19.4 Å². The first-order valence-corrected chi connectivity index (χ1v) is 6.07. The van der Waals surface area contributed by atoms with Crippen molar-refractivity contribution in [2.75, 3.05) is 19.6 Å². The van der Waals surface area contributed by atoms with Crippen molar-refractivity contribution in [1.29, 1.82) is 0 Å². The molecule has 7 heteroatoms. The fourth-order valence-electron chi connectivity index (χ4n) is 2.54. The third kappa shape index (κ3) is 3.51. The van der Waals surface area contributed by atoms with Crippen LogP contribution in [0.1, 0.15) is 25.7 Å². The average Bonchev–Trinajstić information content (AvgIpc) is 2.80. The van der Waals surface area contributed by atoms with Crippen molar-refractivity contribution < 1.29 is 18.0 Å². The molecule has 0 aromatic heterocycles. The number of rotatable bonds is 1. The summed E-state index contributed by atoms with van der Waals surface area (Å²) in [6, 6.07) is -0.169. The van der Waals surface area contributed by atoms with Crippen LogP contribution in [-0.4, -0.2) is 42.7 Å². The Morgan fingerprint density at radius 3 is 2.22 bits per heavy atom. The van der Waals surface area contributed by atoms with Gasteiger partial charge in [-0.05, 0) is 32.2 Å². The van der Waals surface area contributed by atoms with Crippen LogP contribution in [0.25, 0.3) is 0 Å². The minimum atomic E-state index is -4.11. The lowest BCUT2D eigenvalue weighted by Gasteiger charge is -2.34. The molecular weight excluding hydrogens is 269 g/mol. The summed E-state index contributed by atoms with van der Waals surface area (Å²) in [5, 5.41) is 3.08. The molecule has 1 amide bonds. The van der Waals surface area contributed by atoms with Gasteiger partial charge in [0, 0.05) is 13.1 Å². The van der Waals surface area contributed by atoms with Gasteiger partial charge in [-0.15, -0.1) is 12.4 Å². The molecule has 0 spiro atoms. The van der Waals surface area contributed by atoms with E-state index in [1.165, 1.54) is 0 Å². The highest BCUT2D eigenvalue weighted by atomic mass is 35.5. The van der Waals surface area contributed by atoms with E-state index in [9.17, 15) is 18.0 Å². The number of amides is 1. The van der Waals surface area contributed by atoms with Crippen molar-refractivity contribution >= 4 is 18.3 Å². The van der Waals surface area contributed by atoms with Crippen molar-refractivity contribution in [1.82, 2.24) is 10.2 Å². The number of likely N-dealkylation sites (tertiary alicyclic amines) is 1. The number of hydrogen-bond donors (Lipinski definition) is 1. The van der Waals surface area contributed by atoms with Gasteiger partial charge in [0.15, 0.2) is 0 Å². The molecule has 2 aliphatic rings. The van der Waals surface area contributed by atoms with Crippen molar-refractivity contribution in [3.8, 4) is 0 Å². The van der Waals surface area contributed by atoms with Gasteiger partial charge in [0.05, 0.1) is 12.0 Å². The molecule has 106 valence electrons. The lowest BCUT2D eigenvalue weighted by molar-refractivity contribution is -0.186. The summed E-state index contributed by atoms with van der Waals surface area (Å²) in [7, 11) is 0. The number of carbonyl (C=O) groups is 1. The van der Waals surface area contributed by atoms with E-state index in [2.05, 4.69) is 5.32 Å². The fraction of sp³-hybridized carbons (Fsp3) is 0.909. The second kappa shape index (κ2) is 6.10. The summed E-state index contributed by atoms with van der Waals surface area (Å²) >= 11 is 0. The third-order valence-corrected chi connectivity index (χ3v) is 3.63. The predicted molar refractivity (Wildman–Crippen MR) is 63.6 cm³/mol. The molecule has 0 aliphatic carbocycles. The second-order valence-corrected chi connectivity index (χ2v) is 4.79. The smallest absolute Gasteiger partial charge is 0.341 e. The molecule has 0 aromatic rings. The Morgan fingerprint density at radius 1 is 1.17 bits per heavy atom. The SMILES string of the molecule is Cl.O=C([C@H]1CCCN1)N1CCC(C(F)(F)F)CC1. The first-order valence-electron chi connectivity index (χ1n) is 6.07. The van der Waals surface area contributed by atoms with Gasteiger partial charge >= 0.3 is 6.18 Å². The first-order chi connectivity index (χ1) is 7.98. The number of carbonyl (C=O) groups excluding carboxylic acids is 1. The minimum absolute atomic E-state index is 0. The van der Waals surface area contributed by atoms with Crippen molar-refractivity contribution in [3.63, 3.8) is 0 Å². The quantitative estimate of drug-likeness (QED) is 0.799. The molecule has 2 saturated heterocycles. The molecule has 2 aliphatic heterocycles. The van der Waals surface area contributed by atoms with E-state index < -0.39 is 12.1 Å². The first kappa shape index (κ1) is 15.6. The average molecular weight is 287 g/mol. The van der Waals surface area contributed by atoms with Gasteiger partial charge in [0.2, 0.25) is 5.91 Å². The molecule has 2 fully saturated rings. The molecule has 2 heterocycles. The molecule has 3 nitrogen and oxygen atoms in total. The maximum absolute atomic E-state index is 12.5. The van der Waals surface area contributed by atoms with Crippen LogP contribution in [0.2, 0.25) is 0 Å². The Hall–Kier alpha value is -0.490. The van der Waals surface area contributed by atoms with Crippen LogP contribution >= 0.6 is 12.4 Å². The highest BCUT2D eigenvalue weighted by Crippen LogP contribution is 2.34. The highest BCUT2D eigenvalue weighted by molar-refractivity contribution is 5.85. The largest absolute Gasteiger partial charge is 0.391 e. The van der Waals surface area contributed by atoms with Crippen LogP contribution in [0, 0.1) is 5.92 Å². The zero-order valence-electron chi connectivity index (χ0n) is 10.0. The standard InChI is InChI=1S/C11H17F3N2O.ClH/c12-11(13,14)8-3-6-16(7-4-8)10(17)9-2-1-5-15-9;/h8-9,15H,1-7H2;1H/t9-;/m1./s1. The predicted octanol–water partition coefficient (Wildman–Crippen LogP) is 1.96. The Balaban J connectivity index is 0.00000162. The van der Waals surface area contributed by atoms with Gasteiger partial charge in [-0.25, -0.2) is 0 Å². The van der Waals surface area contributed by atoms with Gasteiger partial charge < -0.3 is 10.2 Å². The summed E-state index contributed by atoms with van der Waals surface area (Å²) in [5.74, 6) is -1.26. The van der Waals surface area contributed by atoms with E-state index in [1.54, 1.807) is 4.90 Å². The number of hydrogen-bond acceptors (Lipinski definition) is 2. The van der Waals surface area contributed by atoms with Crippen molar-refractivity contribution in [2.45, 2.75) is 37.9 Å². The number of alkyl halides is 3. The molecule has 0 radical (unpaired) electrons. The van der Waals surface area contributed by atoms with Crippen molar-refractivity contribution in [3.05, 3.63) is 0 Å². The maximum Gasteiger partial charge on any atom is 0.391 e. The van der Waals surface area contributed by atoms with E-state index in [1.807, 2.05) is 0 Å². The summed E-state index contributed by atoms with van der Waals surface area (Å²) in [4.78, 5) is 13.5. The molecule has 0 unspecified atom stereocenters. The molecule has 0 bridgehead atoms. The second-order valence-electron chi connectivity index (χ2n) is 4.79. The topological polar surface area (TPSA) is 32.3 Å². The number of nitrogens with zero attached hydrogens (tertiary/aromatic N) is 1. The monoisotopic (exact) mass is 286 g/mol. The normalized spacial score (nSPS) is 25.9. The summed E-state index contributed by atoms with van der Waals surface area (Å²) in [5.41, 5.74) is 0. The Bertz CT molecular complexity index is 285. The summed E-state index contributed by atoms with van der Waals surface area (Å²) in [6.45, 7) is 1.30. The summed E-state index contributed by atoms with van der Waals surface area (Å²) in [6.07, 6.45) is -2.25. The Labute approximate surface area is 110 Å².